The first-order valence-electron chi connectivity index (χ1n) is 10.8. The zero-order valence-electron chi connectivity index (χ0n) is 17.8. The fourth-order valence-corrected chi connectivity index (χ4v) is 4.51. The fraction of sp³-hybridized carbons (Fsp3) is 0.481. The van der Waals surface area contributed by atoms with Crippen LogP contribution in [-0.2, 0) is 6.42 Å². The summed E-state index contributed by atoms with van der Waals surface area (Å²) in [4.78, 5) is 0. The van der Waals surface area contributed by atoms with Crippen LogP contribution >= 0.6 is 0 Å². The Labute approximate surface area is 166 Å². The van der Waals surface area contributed by atoms with Gasteiger partial charge in [-0.1, -0.05) is 88.3 Å². The van der Waals surface area contributed by atoms with Gasteiger partial charge in [-0.15, -0.1) is 0 Å². The van der Waals surface area contributed by atoms with Gasteiger partial charge in [-0.05, 0) is 78.2 Å². The van der Waals surface area contributed by atoms with Crippen molar-refractivity contribution in [3.63, 3.8) is 0 Å². The molecule has 0 radical (unpaired) electrons. The zero-order chi connectivity index (χ0) is 19.4. The first-order valence-corrected chi connectivity index (χ1v) is 10.8. The summed E-state index contributed by atoms with van der Waals surface area (Å²) < 4.78 is 0. The summed E-state index contributed by atoms with van der Waals surface area (Å²) in [7, 11) is 0. The second-order valence-electron chi connectivity index (χ2n) is 9.24. The van der Waals surface area contributed by atoms with E-state index in [0.717, 1.165) is 12.8 Å². The van der Waals surface area contributed by atoms with E-state index in [1.165, 1.54) is 60.8 Å². The maximum Gasteiger partial charge on any atom is -0.00550 e. The third-order valence-corrected chi connectivity index (χ3v) is 6.11. The standard InChI is InChI=1S/C27H36/c1-6-11-22-18-23-13-7-8-16-25(23)26(22)17-9-12-20(2)21-14-10-15-24(19-21)27(3,4)5/h7-8,13-14,16,19H,2,6,9-12,15,17-18H2,1,3-5H3. The molecule has 2 aliphatic rings. The number of allylic oxidation sites excluding steroid dienone is 7. The van der Waals surface area contributed by atoms with E-state index in [1.807, 2.05) is 0 Å². The van der Waals surface area contributed by atoms with E-state index >= 15 is 0 Å². The van der Waals surface area contributed by atoms with Gasteiger partial charge in [0.25, 0.3) is 0 Å². The monoisotopic (exact) mass is 360 g/mol. The van der Waals surface area contributed by atoms with Gasteiger partial charge in [0.15, 0.2) is 0 Å². The lowest BCUT2D eigenvalue weighted by Crippen LogP contribution is -2.11. The Morgan fingerprint density at radius 2 is 1.89 bits per heavy atom. The van der Waals surface area contributed by atoms with Crippen LogP contribution in [0.15, 0.2) is 65.3 Å². The number of benzene rings is 1. The second-order valence-corrected chi connectivity index (χ2v) is 9.24. The second kappa shape index (κ2) is 8.46. The van der Waals surface area contributed by atoms with E-state index < -0.39 is 0 Å². The van der Waals surface area contributed by atoms with Gasteiger partial charge in [-0.25, -0.2) is 0 Å². The molecule has 144 valence electrons. The lowest BCUT2D eigenvalue weighted by Gasteiger charge is -2.26. The van der Waals surface area contributed by atoms with Gasteiger partial charge in [0.05, 0.1) is 0 Å². The SMILES string of the molecule is C=C(CCCC1=C(CCC)Cc2ccccc21)C1=CCCC(C(C)(C)C)=C1. The van der Waals surface area contributed by atoms with E-state index in [0.29, 0.717) is 0 Å². The van der Waals surface area contributed by atoms with Crippen LogP contribution < -0.4 is 0 Å². The number of hydrogen-bond donors (Lipinski definition) is 0. The molecule has 1 aromatic rings. The average molecular weight is 361 g/mol. The molecule has 0 heterocycles. The van der Waals surface area contributed by atoms with Crippen molar-refractivity contribution in [1.29, 1.82) is 0 Å². The molecule has 0 saturated heterocycles. The molecule has 1 aromatic carbocycles. The van der Waals surface area contributed by atoms with Crippen LogP contribution in [0.3, 0.4) is 0 Å². The predicted octanol–water partition coefficient (Wildman–Crippen LogP) is 8.22. The molecule has 3 rings (SSSR count). The maximum absolute atomic E-state index is 4.43. The maximum atomic E-state index is 4.43. The molecule has 0 bridgehead atoms. The smallest absolute Gasteiger partial charge is 0.00550 e. The van der Waals surface area contributed by atoms with Crippen LogP contribution in [0.2, 0.25) is 0 Å². The molecule has 0 amide bonds. The molecule has 0 heteroatoms. The minimum atomic E-state index is 0.271. The topological polar surface area (TPSA) is 0 Å². The van der Waals surface area contributed by atoms with E-state index in [2.05, 4.69) is 70.7 Å². The highest BCUT2D eigenvalue weighted by Gasteiger charge is 2.21. The molecule has 0 N–H and O–H groups in total. The summed E-state index contributed by atoms with van der Waals surface area (Å²) in [6.45, 7) is 13.7. The Bertz CT molecular complexity index is 790. The fourth-order valence-electron chi connectivity index (χ4n) is 4.51. The van der Waals surface area contributed by atoms with E-state index in [-0.39, 0.29) is 5.41 Å². The summed E-state index contributed by atoms with van der Waals surface area (Å²) >= 11 is 0. The summed E-state index contributed by atoms with van der Waals surface area (Å²) in [5.41, 5.74) is 10.9. The van der Waals surface area contributed by atoms with Crippen molar-refractivity contribution in [3.8, 4) is 0 Å². The number of rotatable bonds is 7. The highest BCUT2D eigenvalue weighted by Crippen LogP contribution is 2.39. The Kier molecular flexibility index (Phi) is 6.25. The molecule has 0 aromatic heterocycles. The van der Waals surface area contributed by atoms with Crippen LogP contribution in [0.5, 0.6) is 0 Å². The van der Waals surface area contributed by atoms with Gasteiger partial charge >= 0.3 is 0 Å². The quantitative estimate of drug-likeness (QED) is 0.459. The van der Waals surface area contributed by atoms with Crippen molar-refractivity contribution < 1.29 is 0 Å². The van der Waals surface area contributed by atoms with Crippen molar-refractivity contribution in [2.45, 2.75) is 79.1 Å². The summed E-state index contributed by atoms with van der Waals surface area (Å²) in [5, 5.41) is 0. The number of fused-ring (bicyclic) bond motifs is 1. The molecule has 0 saturated carbocycles. The molecule has 0 unspecified atom stereocenters. The normalized spacial score (nSPS) is 16.9. The highest BCUT2D eigenvalue weighted by atomic mass is 14.3. The van der Waals surface area contributed by atoms with Crippen molar-refractivity contribution >= 4 is 5.57 Å². The first kappa shape index (κ1) is 19.9. The Hall–Kier alpha value is -1.82. The lowest BCUT2D eigenvalue weighted by atomic mass is 9.79. The van der Waals surface area contributed by atoms with Crippen LogP contribution in [0.25, 0.3) is 5.57 Å². The van der Waals surface area contributed by atoms with Gasteiger partial charge in [0.2, 0.25) is 0 Å². The minimum absolute atomic E-state index is 0.271. The van der Waals surface area contributed by atoms with E-state index in [1.54, 1.807) is 16.7 Å². The van der Waals surface area contributed by atoms with Crippen molar-refractivity contribution in [3.05, 3.63) is 76.4 Å². The predicted molar refractivity (Wildman–Crippen MR) is 120 cm³/mol. The van der Waals surface area contributed by atoms with E-state index in [4.69, 9.17) is 0 Å². The van der Waals surface area contributed by atoms with Crippen molar-refractivity contribution in [2.24, 2.45) is 5.41 Å². The summed E-state index contributed by atoms with van der Waals surface area (Å²) in [6, 6.07) is 9.01. The molecule has 0 spiro atoms. The van der Waals surface area contributed by atoms with Crippen LogP contribution in [-0.4, -0.2) is 0 Å². The number of hydrogen-bond acceptors (Lipinski definition) is 0. The molecule has 0 aliphatic heterocycles. The zero-order valence-corrected chi connectivity index (χ0v) is 17.8. The van der Waals surface area contributed by atoms with Crippen LogP contribution in [0.4, 0.5) is 0 Å². The van der Waals surface area contributed by atoms with Gasteiger partial charge in [0.1, 0.15) is 0 Å². The Balaban J connectivity index is 1.64. The Morgan fingerprint density at radius 3 is 2.63 bits per heavy atom. The third kappa shape index (κ3) is 4.72. The molecular formula is C27H36. The molecule has 0 atom stereocenters. The van der Waals surface area contributed by atoms with Gasteiger partial charge in [-0.2, -0.15) is 0 Å². The highest BCUT2D eigenvalue weighted by molar-refractivity contribution is 5.76. The van der Waals surface area contributed by atoms with E-state index in [9.17, 15) is 0 Å². The van der Waals surface area contributed by atoms with Gasteiger partial charge in [-0.3, -0.25) is 0 Å². The summed E-state index contributed by atoms with van der Waals surface area (Å²) in [6.07, 6.45) is 14.3. The summed E-state index contributed by atoms with van der Waals surface area (Å²) in [5.74, 6) is 0. The van der Waals surface area contributed by atoms with Crippen LogP contribution in [0.1, 0.15) is 83.8 Å². The largest absolute Gasteiger partial charge is 0.0952 e. The lowest BCUT2D eigenvalue weighted by molar-refractivity contribution is 0.480. The first-order chi connectivity index (χ1) is 12.9. The average Bonchev–Trinajstić information content (AvgIpc) is 2.99. The molecule has 0 fully saturated rings. The molecule has 27 heavy (non-hydrogen) atoms. The van der Waals surface area contributed by atoms with Gasteiger partial charge in [0, 0.05) is 0 Å². The molecule has 2 aliphatic carbocycles. The third-order valence-electron chi connectivity index (χ3n) is 6.11. The van der Waals surface area contributed by atoms with Gasteiger partial charge < -0.3 is 0 Å². The minimum Gasteiger partial charge on any atom is -0.0952 e. The Morgan fingerprint density at radius 1 is 1.11 bits per heavy atom. The van der Waals surface area contributed by atoms with Crippen molar-refractivity contribution in [2.75, 3.05) is 0 Å². The molecule has 0 nitrogen and oxygen atoms in total. The van der Waals surface area contributed by atoms with Crippen LogP contribution in [0, 0.1) is 5.41 Å². The van der Waals surface area contributed by atoms with Crippen molar-refractivity contribution in [1.82, 2.24) is 0 Å². The molecular weight excluding hydrogens is 324 g/mol.